The highest BCUT2D eigenvalue weighted by Crippen LogP contribution is 2.18. The van der Waals surface area contributed by atoms with Gasteiger partial charge in [-0.1, -0.05) is 25.1 Å². The van der Waals surface area contributed by atoms with Gasteiger partial charge in [-0.25, -0.2) is 4.79 Å². The van der Waals surface area contributed by atoms with Gasteiger partial charge in [-0.3, -0.25) is 24.5 Å². The first-order valence-corrected chi connectivity index (χ1v) is 6.58. The number of rotatable bonds is 5. The molecule has 1 heterocycles. The van der Waals surface area contributed by atoms with Crippen molar-refractivity contribution < 1.29 is 4.92 Å². The fourth-order valence-corrected chi connectivity index (χ4v) is 2.11. The summed E-state index contributed by atoms with van der Waals surface area (Å²) in [5, 5.41) is 10.9. The van der Waals surface area contributed by atoms with Gasteiger partial charge in [-0.05, 0) is 12.8 Å². The number of nitro benzene ring substituents is 1. The second-order valence-corrected chi connectivity index (χ2v) is 4.60. The van der Waals surface area contributed by atoms with Crippen LogP contribution in [0.2, 0.25) is 0 Å². The summed E-state index contributed by atoms with van der Waals surface area (Å²) in [6.07, 6.45) is 2.36. The first-order chi connectivity index (χ1) is 10.0. The molecule has 2 rings (SSSR count). The SMILES string of the molecule is CCc1cn(CCc2ccccc2[N+](=O)[O-])c(=O)[nH]c1=O. The maximum atomic E-state index is 11.7. The molecular formula is C14H15N3O4. The summed E-state index contributed by atoms with van der Waals surface area (Å²) in [4.78, 5) is 35.9. The maximum absolute atomic E-state index is 11.7. The van der Waals surface area contributed by atoms with Crippen LogP contribution in [0.1, 0.15) is 18.1 Å². The van der Waals surface area contributed by atoms with E-state index in [1.807, 2.05) is 6.92 Å². The molecule has 0 aliphatic rings. The number of benzene rings is 1. The molecule has 0 saturated heterocycles. The summed E-state index contributed by atoms with van der Waals surface area (Å²) >= 11 is 0. The molecule has 7 nitrogen and oxygen atoms in total. The zero-order valence-corrected chi connectivity index (χ0v) is 11.5. The fourth-order valence-electron chi connectivity index (χ4n) is 2.11. The number of para-hydroxylation sites is 1. The van der Waals surface area contributed by atoms with Crippen LogP contribution >= 0.6 is 0 Å². The van der Waals surface area contributed by atoms with Crippen LogP contribution in [0.4, 0.5) is 5.69 Å². The van der Waals surface area contributed by atoms with Crippen LogP contribution in [0.5, 0.6) is 0 Å². The quantitative estimate of drug-likeness (QED) is 0.661. The summed E-state index contributed by atoms with van der Waals surface area (Å²) in [7, 11) is 0. The highest BCUT2D eigenvalue weighted by Gasteiger charge is 2.12. The number of aromatic amines is 1. The maximum Gasteiger partial charge on any atom is 0.328 e. The molecule has 0 spiro atoms. The van der Waals surface area contributed by atoms with E-state index in [1.165, 1.54) is 16.8 Å². The topological polar surface area (TPSA) is 98.0 Å². The number of nitrogens with one attached hydrogen (secondary N) is 1. The number of nitro groups is 1. The molecule has 110 valence electrons. The largest absolute Gasteiger partial charge is 0.328 e. The molecule has 1 aromatic carbocycles. The molecule has 0 fully saturated rings. The van der Waals surface area contributed by atoms with Crippen molar-refractivity contribution in [3.8, 4) is 0 Å². The Morgan fingerprint density at radius 3 is 2.62 bits per heavy atom. The Kier molecular flexibility index (Phi) is 4.32. The zero-order chi connectivity index (χ0) is 15.4. The Bertz CT molecular complexity index is 776. The van der Waals surface area contributed by atoms with Gasteiger partial charge in [0.25, 0.3) is 11.2 Å². The van der Waals surface area contributed by atoms with Gasteiger partial charge < -0.3 is 0 Å². The molecule has 1 N–H and O–H groups in total. The molecule has 0 radical (unpaired) electrons. The van der Waals surface area contributed by atoms with E-state index in [-0.39, 0.29) is 17.8 Å². The van der Waals surface area contributed by atoms with E-state index in [0.717, 1.165) is 0 Å². The molecule has 21 heavy (non-hydrogen) atoms. The average molecular weight is 289 g/mol. The third-order valence-corrected chi connectivity index (χ3v) is 3.28. The summed E-state index contributed by atoms with van der Waals surface area (Å²) in [5.41, 5.74) is 0.210. The van der Waals surface area contributed by atoms with Gasteiger partial charge in [0.15, 0.2) is 0 Å². The van der Waals surface area contributed by atoms with E-state index in [9.17, 15) is 19.7 Å². The lowest BCUT2D eigenvalue weighted by molar-refractivity contribution is -0.385. The van der Waals surface area contributed by atoms with Crippen LogP contribution in [-0.2, 0) is 19.4 Å². The Hall–Kier alpha value is -2.70. The van der Waals surface area contributed by atoms with Gasteiger partial charge >= 0.3 is 5.69 Å². The smallest absolute Gasteiger partial charge is 0.300 e. The molecule has 2 aromatic rings. The molecule has 0 amide bonds. The normalized spacial score (nSPS) is 10.5. The average Bonchev–Trinajstić information content (AvgIpc) is 2.46. The van der Waals surface area contributed by atoms with Gasteiger partial charge in [-0.2, -0.15) is 0 Å². The Labute approximate surface area is 120 Å². The number of hydrogen-bond donors (Lipinski definition) is 1. The predicted octanol–water partition coefficient (Wildman–Crippen LogP) is 1.25. The fraction of sp³-hybridized carbons (Fsp3) is 0.286. The van der Waals surface area contributed by atoms with Gasteiger partial charge in [0, 0.05) is 29.9 Å². The number of aryl methyl sites for hydroxylation is 3. The Morgan fingerprint density at radius 2 is 1.95 bits per heavy atom. The van der Waals surface area contributed by atoms with Crippen LogP contribution in [0.3, 0.4) is 0 Å². The lowest BCUT2D eigenvalue weighted by atomic mass is 10.1. The van der Waals surface area contributed by atoms with Gasteiger partial charge in [0.2, 0.25) is 0 Å². The van der Waals surface area contributed by atoms with Crippen molar-refractivity contribution in [3.05, 3.63) is 72.5 Å². The Morgan fingerprint density at radius 1 is 1.24 bits per heavy atom. The highest BCUT2D eigenvalue weighted by molar-refractivity contribution is 5.39. The molecule has 0 aliphatic carbocycles. The lowest BCUT2D eigenvalue weighted by Gasteiger charge is -2.07. The van der Waals surface area contributed by atoms with Crippen LogP contribution in [0.15, 0.2) is 40.1 Å². The van der Waals surface area contributed by atoms with Crippen molar-refractivity contribution in [2.45, 2.75) is 26.3 Å². The lowest BCUT2D eigenvalue weighted by Crippen LogP contribution is -2.32. The molecule has 1 aromatic heterocycles. The third-order valence-electron chi connectivity index (χ3n) is 3.28. The summed E-state index contributed by atoms with van der Waals surface area (Å²) in [5.74, 6) is 0. The van der Waals surface area contributed by atoms with Crippen LogP contribution < -0.4 is 11.2 Å². The van der Waals surface area contributed by atoms with E-state index in [0.29, 0.717) is 24.0 Å². The number of hydrogen-bond acceptors (Lipinski definition) is 4. The van der Waals surface area contributed by atoms with Crippen LogP contribution in [-0.4, -0.2) is 14.5 Å². The molecular weight excluding hydrogens is 274 g/mol. The highest BCUT2D eigenvalue weighted by atomic mass is 16.6. The first-order valence-electron chi connectivity index (χ1n) is 6.58. The zero-order valence-electron chi connectivity index (χ0n) is 11.5. The van der Waals surface area contributed by atoms with Crippen molar-refractivity contribution in [2.24, 2.45) is 0 Å². The minimum absolute atomic E-state index is 0.0330. The first kappa shape index (κ1) is 14.7. The van der Waals surface area contributed by atoms with E-state index in [1.54, 1.807) is 18.2 Å². The molecule has 0 aliphatic heterocycles. The molecule has 0 saturated carbocycles. The second kappa shape index (κ2) is 6.17. The summed E-state index contributed by atoms with van der Waals surface area (Å²) in [6.45, 7) is 2.09. The van der Waals surface area contributed by atoms with Crippen molar-refractivity contribution >= 4 is 5.69 Å². The van der Waals surface area contributed by atoms with Crippen molar-refractivity contribution in [1.29, 1.82) is 0 Å². The number of H-pyrrole nitrogens is 1. The third kappa shape index (κ3) is 3.25. The number of nitrogens with zero attached hydrogens (tertiary/aromatic N) is 2. The standard InChI is InChI=1S/C14H15N3O4/c1-2-10-9-16(14(19)15-13(10)18)8-7-11-5-3-4-6-12(11)17(20)21/h3-6,9H,2,7-8H2,1H3,(H,15,18,19). The monoisotopic (exact) mass is 289 g/mol. The summed E-state index contributed by atoms with van der Waals surface area (Å²) < 4.78 is 1.37. The van der Waals surface area contributed by atoms with Crippen LogP contribution in [0, 0.1) is 10.1 Å². The van der Waals surface area contributed by atoms with Crippen molar-refractivity contribution in [2.75, 3.05) is 0 Å². The van der Waals surface area contributed by atoms with Gasteiger partial charge in [0.05, 0.1) is 4.92 Å². The van der Waals surface area contributed by atoms with Crippen molar-refractivity contribution in [3.63, 3.8) is 0 Å². The minimum atomic E-state index is -0.504. The molecule has 0 atom stereocenters. The van der Waals surface area contributed by atoms with E-state index >= 15 is 0 Å². The minimum Gasteiger partial charge on any atom is -0.300 e. The van der Waals surface area contributed by atoms with Gasteiger partial charge in [-0.15, -0.1) is 0 Å². The second-order valence-electron chi connectivity index (χ2n) is 4.60. The molecule has 0 unspecified atom stereocenters. The van der Waals surface area contributed by atoms with Crippen molar-refractivity contribution in [1.82, 2.24) is 9.55 Å². The molecule has 7 heteroatoms. The van der Waals surface area contributed by atoms with Gasteiger partial charge in [0.1, 0.15) is 0 Å². The van der Waals surface area contributed by atoms with E-state index < -0.39 is 10.6 Å². The van der Waals surface area contributed by atoms with Crippen LogP contribution in [0.25, 0.3) is 0 Å². The summed E-state index contributed by atoms with van der Waals surface area (Å²) in [6, 6.07) is 6.41. The van der Waals surface area contributed by atoms with E-state index in [4.69, 9.17) is 0 Å². The molecule has 0 bridgehead atoms. The van der Waals surface area contributed by atoms with E-state index in [2.05, 4.69) is 4.98 Å². The Balaban J connectivity index is 2.27. The predicted molar refractivity (Wildman–Crippen MR) is 77.5 cm³/mol. The number of aromatic nitrogens is 2.